The maximum Gasteiger partial charge on any atom is 0.0277 e. The largest absolute Gasteiger partial charge is 0.297 e. The van der Waals surface area contributed by atoms with E-state index < -0.39 is 0 Å². The van der Waals surface area contributed by atoms with Crippen LogP contribution in [0.25, 0.3) is 0 Å². The summed E-state index contributed by atoms with van der Waals surface area (Å²) in [6.07, 6.45) is 3.28. The lowest BCUT2D eigenvalue weighted by molar-refractivity contribution is 1.48. The summed E-state index contributed by atoms with van der Waals surface area (Å²) >= 11 is 0. The van der Waals surface area contributed by atoms with E-state index >= 15 is 0 Å². The Morgan fingerprint density at radius 1 is 1.22 bits per heavy atom. The van der Waals surface area contributed by atoms with E-state index in [1.54, 1.807) is 19.3 Å². The van der Waals surface area contributed by atoms with E-state index in [2.05, 4.69) is 24.7 Å². The minimum absolute atomic E-state index is 1.64. The Bertz CT molecular complexity index is 55.6. The van der Waals surface area contributed by atoms with Crippen LogP contribution in [0.15, 0.2) is 30.8 Å². The van der Waals surface area contributed by atoms with Crippen molar-refractivity contribution in [1.29, 1.82) is 0 Å². The van der Waals surface area contributed by atoms with Gasteiger partial charge in [0.1, 0.15) is 0 Å². The second kappa shape index (κ2) is 58.5. The molecule has 0 saturated carbocycles. The minimum Gasteiger partial charge on any atom is -0.297 e. The van der Waals surface area contributed by atoms with Crippen LogP contribution in [0.2, 0.25) is 0 Å². The summed E-state index contributed by atoms with van der Waals surface area (Å²) in [5.41, 5.74) is 0. The zero-order valence-corrected chi connectivity index (χ0v) is 6.72. The van der Waals surface area contributed by atoms with Crippen LogP contribution in [0, 0.1) is 0 Å². The molecule has 0 aromatic carbocycles. The van der Waals surface area contributed by atoms with E-state index in [1.807, 2.05) is 13.8 Å². The molecule has 1 heteroatoms. The van der Waals surface area contributed by atoms with Gasteiger partial charge in [-0.25, -0.2) is 0 Å². The molecule has 0 amide bonds. The maximum absolute atomic E-state index is 3.61. The maximum atomic E-state index is 3.61. The van der Waals surface area contributed by atoms with Gasteiger partial charge in [0.15, 0.2) is 0 Å². The highest BCUT2D eigenvalue weighted by Gasteiger charge is 1.41. The number of hydrogen-bond donors (Lipinski definition) is 0. The fourth-order valence-corrected chi connectivity index (χ4v) is 0.105. The van der Waals surface area contributed by atoms with Gasteiger partial charge in [0.2, 0.25) is 0 Å². The molecule has 0 aromatic rings. The first-order valence-corrected chi connectivity index (χ1v) is 2.95. The SMILES string of the molecule is C=C.C=CC=NC.CC. The van der Waals surface area contributed by atoms with Crippen molar-refractivity contribution in [3.05, 3.63) is 25.8 Å². The van der Waals surface area contributed by atoms with Crippen molar-refractivity contribution in [3.8, 4) is 0 Å². The van der Waals surface area contributed by atoms with Gasteiger partial charge in [-0.05, 0) is 0 Å². The quantitative estimate of drug-likeness (QED) is 0.379. The lowest BCUT2D eigenvalue weighted by Crippen LogP contribution is -1.53. The molecule has 0 aliphatic heterocycles. The van der Waals surface area contributed by atoms with Gasteiger partial charge in [0.05, 0.1) is 0 Å². The highest BCUT2D eigenvalue weighted by atomic mass is 14.6. The van der Waals surface area contributed by atoms with Crippen molar-refractivity contribution in [2.24, 2.45) is 4.99 Å². The van der Waals surface area contributed by atoms with Crippen LogP contribution in [0.4, 0.5) is 0 Å². The average Bonchev–Trinajstić information content (AvgIpc) is 1.98. The molecule has 0 unspecified atom stereocenters. The molecular formula is C8H17N. The van der Waals surface area contributed by atoms with Gasteiger partial charge in [0.25, 0.3) is 0 Å². The van der Waals surface area contributed by atoms with Crippen LogP contribution >= 0.6 is 0 Å². The van der Waals surface area contributed by atoms with E-state index in [-0.39, 0.29) is 0 Å². The van der Waals surface area contributed by atoms with Crippen LogP contribution < -0.4 is 0 Å². The van der Waals surface area contributed by atoms with Crippen LogP contribution in [-0.4, -0.2) is 13.3 Å². The molecule has 0 aliphatic carbocycles. The fraction of sp³-hybridized carbons (Fsp3) is 0.375. The summed E-state index contributed by atoms with van der Waals surface area (Å²) in [5.74, 6) is 0. The van der Waals surface area contributed by atoms with Crippen molar-refractivity contribution in [3.63, 3.8) is 0 Å². The summed E-state index contributed by atoms with van der Waals surface area (Å²) in [6.45, 7) is 13.4. The molecule has 1 nitrogen and oxygen atoms in total. The van der Waals surface area contributed by atoms with Crippen molar-refractivity contribution >= 4 is 6.21 Å². The van der Waals surface area contributed by atoms with E-state index in [4.69, 9.17) is 0 Å². The van der Waals surface area contributed by atoms with Gasteiger partial charge < -0.3 is 0 Å². The van der Waals surface area contributed by atoms with Crippen molar-refractivity contribution in [2.75, 3.05) is 7.05 Å². The second-order valence-corrected chi connectivity index (χ2v) is 0.643. The standard InChI is InChI=1S/C4H7N.C2H6.C2H4/c1-3-4-5-2;2*1-2/h3-4H,1H2,2H3;1-2H3;1-2H2. The van der Waals surface area contributed by atoms with Gasteiger partial charge in [0, 0.05) is 13.3 Å². The molecule has 0 radical (unpaired) electrons. The fourth-order valence-electron chi connectivity index (χ4n) is 0.105. The van der Waals surface area contributed by atoms with Crippen LogP contribution in [0.1, 0.15) is 13.8 Å². The Kier molecular flexibility index (Phi) is 102. The first-order valence-electron chi connectivity index (χ1n) is 2.95. The van der Waals surface area contributed by atoms with E-state index in [1.165, 1.54) is 0 Å². The molecular weight excluding hydrogens is 110 g/mol. The third-order valence-corrected chi connectivity index (χ3v) is 0.254. The van der Waals surface area contributed by atoms with Gasteiger partial charge in [-0.15, -0.1) is 13.2 Å². The van der Waals surface area contributed by atoms with Crippen LogP contribution in [0.5, 0.6) is 0 Å². The third kappa shape index (κ3) is 143. The number of nitrogens with zero attached hydrogens (tertiary/aromatic N) is 1. The molecule has 0 saturated heterocycles. The topological polar surface area (TPSA) is 12.4 Å². The Balaban J connectivity index is -0.0000000771. The summed E-state index contributed by atoms with van der Waals surface area (Å²) in [6, 6.07) is 0. The molecule has 0 aliphatic rings. The predicted octanol–water partition coefficient (Wildman–Crippen LogP) is 2.70. The number of aliphatic imine (C=N–C) groups is 1. The summed E-state index contributed by atoms with van der Waals surface area (Å²) in [5, 5.41) is 0. The summed E-state index contributed by atoms with van der Waals surface area (Å²) in [7, 11) is 1.71. The lowest BCUT2D eigenvalue weighted by Gasteiger charge is -1.58. The highest BCUT2D eigenvalue weighted by Crippen LogP contribution is 1.48. The number of allylic oxidation sites excluding steroid dienone is 1. The van der Waals surface area contributed by atoms with Gasteiger partial charge >= 0.3 is 0 Å². The Morgan fingerprint density at radius 2 is 1.56 bits per heavy atom. The molecule has 54 valence electrons. The van der Waals surface area contributed by atoms with Crippen molar-refractivity contribution in [2.45, 2.75) is 13.8 Å². The molecule has 0 rings (SSSR count). The summed E-state index contributed by atoms with van der Waals surface area (Å²) in [4.78, 5) is 3.61. The molecule has 0 bridgehead atoms. The summed E-state index contributed by atoms with van der Waals surface area (Å²) < 4.78 is 0. The van der Waals surface area contributed by atoms with Crippen LogP contribution in [0.3, 0.4) is 0 Å². The first kappa shape index (κ1) is 15.7. The Labute approximate surface area is 58.8 Å². The first-order chi connectivity index (χ1) is 4.41. The number of rotatable bonds is 1. The molecule has 0 heterocycles. The van der Waals surface area contributed by atoms with Crippen molar-refractivity contribution < 1.29 is 0 Å². The average molecular weight is 127 g/mol. The zero-order chi connectivity index (χ0) is 8.12. The zero-order valence-electron chi connectivity index (χ0n) is 6.72. The van der Waals surface area contributed by atoms with Gasteiger partial charge in [-0.2, -0.15) is 0 Å². The molecule has 9 heavy (non-hydrogen) atoms. The monoisotopic (exact) mass is 127 g/mol. The predicted molar refractivity (Wildman–Crippen MR) is 47.2 cm³/mol. The molecule has 0 fully saturated rings. The Hall–Kier alpha value is -0.850. The van der Waals surface area contributed by atoms with E-state index in [0.717, 1.165) is 0 Å². The van der Waals surface area contributed by atoms with E-state index in [9.17, 15) is 0 Å². The molecule has 0 spiro atoms. The highest BCUT2D eigenvalue weighted by molar-refractivity contribution is 5.69. The van der Waals surface area contributed by atoms with Gasteiger partial charge in [-0.1, -0.05) is 26.5 Å². The molecule has 0 N–H and O–H groups in total. The number of hydrogen-bond acceptors (Lipinski definition) is 1. The molecule has 0 atom stereocenters. The normalized spacial score (nSPS) is 6.11. The lowest BCUT2D eigenvalue weighted by atomic mass is 10.7. The third-order valence-electron chi connectivity index (χ3n) is 0.254. The minimum atomic E-state index is 1.64. The van der Waals surface area contributed by atoms with Crippen molar-refractivity contribution in [1.82, 2.24) is 0 Å². The smallest absolute Gasteiger partial charge is 0.0277 e. The van der Waals surface area contributed by atoms with Gasteiger partial charge in [-0.3, -0.25) is 4.99 Å². The van der Waals surface area contributed by atoms with Crippen LogP contribution in [-0.2, 0) is 0 Å². The molecule has 0 aromatic heterocycles. The second-order valence-electron chi connectivity index (χ2n) is 0.643. The van der Waals surface area contributed by atoms with E-state index in [0.29, 0.717) is 0 Å². The Morgan fingerprint density at radius 3 is 1.56 bits per heavy atom.